The zero-order chi connectivity index (χ0) is 25.3. The van der Waals surface area contributed by atoms with Crippen molar-refractivity contribution in [2.45, 2.75) is 58.5 Å². The van der Waals surface area contributed by atoms with Crippen LogP contribution in [0.2, 0.25) is 0 Å². The Morgan fingerprint density at radius 2 is 1.88 bits per heavy atom. The molecule has 1 aromatic heterocycles. The van der Waals surface area contributed by atoms with Gasteiger partial charge < -0.3 is 5.11 Å². The lowest BCUT2D eigenvalue weighted by Crippen LogP contribution is -2.14. The Morgan fingerprint density at radius 1 is 1.21 bits per heavy atom. The predicted octanol–water partition coefficient (Wildman–Crippen LogP) is 7.43. The molecule has 0 aliphatic carbocycles. The highest BCUT2D eigenvalue weighted by Crippen LogP contribution is 2.32. The van der Waals surface area contributed by atoms with E-state index >= 15 is 0 Å². The molecule has 34 heavy (non-hydrogen) atoms. The minimum absolute atomic E-state index is 0.150. The van der Waals surface area contributed by atoms with Crippen LogP contribution in [0.3, 0.4) is 0 Å². The van der Waals surface area contributed by atoms with Crippen LogP contribution in [0.5, 0.6) is 0 Å². The average Bonchev–Trinajstić information content (AvgIpc) is 2.80. The molecule has 2 atom stereocenters. The molecule has 1 aromatic carbocycles. The van der Waals surface area contributed by atoms with Gasteiger partial charge in [-0.3, -0.25) is 4.31 Å². The van der Waals surface area contributed by atoms with Gasteiger partial charge in [0.2, 0.25) is 5.95 Å². The van der Waals surface area contributed by atoms with Crippen LogP contribution in [0.4, 0.5) is 10.3 Å². The maximum absolute atomic E-state index is 13.6. The van der Waals surface area contributed by atoms with Crippen LogP contribution in [-0.4, -0.2) is 34.5 Å². The van der Waals surface area contributed by atoms with E-state index in [1.807, 2.05) is 23.7 Å². The summed E-state index contributed by atoms with van der Waals surface area (Å²) in [5.41, 5.74) is 4.53. The highest BCUT2D eigenvalue weighted by atomic mass is 32.2. The van der Waals surface area contributed by atoms with Gasteiger partial charge in [0.25, 0.3) is 0 Å². The highest BCUT2D eigenvalue weighted by Gasteiger charge is 2.19. The summed E-state index contributed by atoms with van der Waals surface area (Å²) in [6, 6.07) is 6.42. The fourth-order valence-electron chi connectivity index (χ4n) is 3.72. The van der Waals surface area contributed by atoms with Crippen molar-refractivity contribution in [2.75, 3.05) is 17.6 Å². The zero-order valence-electron chi connectivity index (χ0n) is 21.1. The molecule has 0 spiro atoms. The summed E-state index contributed by atoms with van der Waals surface area (Å²) in [4.78, 5) is 9.70. The zero-order valence-corrected chi connectivity index (χ0v) is 21.9. The van der Waals surface area contributed by atoms with Crippen molar-refractivity contribution in [2.24, 2.45) is 5.92 Å². The van der Waals surface area contributed by atoms with Crippen LogP contribution in [0.15, 0.2) is 55.1 Å². The van der Waals surface area contributed by atoms with Crippen LogP contribution >= 0.6 is 11.9 Å². The van der Waals surface area contributed by atoms with Crippen LogP contribution in [0.25, 0.3) is 17.3 Å². The molecule has 1 heterocycles. The molecule has 0 aliphatic heterocycles. The quantitative estimate of drug-likeness (QED) is 0.237. The summed E-state index contributed by atoms with van der Waals surface area (Å²) in [7, 11) is 1.93. The molecule has 0 bridgehead atoms. The van der Waals surface area contributed by atoms with Gasteiger partial charge in [-0.2, -0.15) is 0 Å². The van der Waals surface area contributed by atoms with Gasteiger partial charge in [-0.25, -0.2) is 14.4 Å². The van der Waals surface area contributed by atoms with E-state index in [4.69, 9.17) is 9.97 Å². The molecule has 2 unspecified atom stereocenters. The Morgan fingerprint density at radius 3 is 2.47 bits per heavy atom. The SMILES string of the molecule is C=CCCC(=C)CC(O)CC(C)/C=C/c1c(-c2ccc(F)cc2)nc(N(C)SC)nc1C(C)C. The van der Waals surface area contributed by atoms with E-state index in [1.165, 1.54) is 24.1 Å². The molecular formula is C28H38FN3OS. The molecule has 2 rings (SSSR count). The Labute approximate surface area is 208 Å². The number of aromatic nitrogens is 2. The Hall–Kier alpha value is -2.44. The second-order valence-electron chi connectivity index (χ2n) is 9.02. The molecule has 1 N–H and O–H groups in total. The molecule has 0 radical (unpaired) electrons. The third-order valence-corrected chi connectivity index (χ3v) is 6.36. The number of rotatable bonds is 13. The Kier molecular flexibility index (Phi) is 11.0. The predicted molar refractivity (Wildman–Crippen MR) is 145 cm³/mol. The van der Waals surface area contributed by atoms with Gasteiger partial charge in [-0.15, -0.1) is 6.58 Å². The first-order chi connectivity index (χ1) is 16.2. The minimum atomic E-state index is -0.438. The standard InChI is InChI=1S/C28H38FN3OS/c1-8-9-10-20(4)17-24(33)18-21(5)11-16-25-26(19(2)3)30-28(32(6)34-7)31-27(25)22-12-14-23(29)15-13-22/h8,11-16,19,21,24,33H,1,4,9-10,17-18H2,2-3,5-7H3/b16-11+. The lowest BCUT2D eigenvalue weighted by Gasteiger charge is -2.20. The van der Waals surface area contributed by atoms with Crippen molar-refractivity contribution >= 4 is 24.0 Å². The van der Waals surface area contributed by atoms with Gasteiger partial charge >= 0.3 is 0 Å². The maximum Gasteiger partial charge on any atom is 0.236 e. The van der Waals surface area contributed by atoms with Crippen molar-refractivity contribution < 1.29 is 9.50 Å². The van der Waals surface area contributed by atoms with Crippen LogP contribution < -0.4 is 4.31 Å². The molecule has 184 valence electrons. The van der Waals surface area contributed by atoms with E-state index in [1.54, 1.807) is 12.1 Å². The number of hydrogen-bond donors (Lipinski definition) is 1. The number of aliphatic hydroxyl groups excluding tert-OH is 1. The third-order valence-electron chi connectivity index (χ3n) is 5.64. The fraction of sp³-hybridized carbons (Fsp3) is 0.429. The average molecular weight is 484 g/mol. The summed E-state index contributed by atoms with van der Waals surface area (Å²) >= 11 is 1.54. The molecule has 0 fully saturated rings. The smallest absolute Gasteiger partial charge is 0.236 e. The topological polar surface area (TPSA) is 49.3 Å². The summed E-state index contributed by atoms with van der Waals surface area (Å²) in [5, 5.41) is 10.5. The van der Waals surface area contributed by atoms with Crippen molar-refractivity contribution in [3.8, 4) is 11.3 Å². The van der Waals surface area contributed by atoms with E-state index < -0.39 is 6.10 Å². The van der Waals surface area contributed by atoms with Gasteiger partial charge in [0.1, 0.15) is 5.82 Å². The summed E-state index contributed by atoms with van der Waals surface area (Å²) < 4.78 is 15.5. The normalized spacial score (nSPS) is 13.3. The number of benzene rings is 1. The summed E-state index contributed by atoms with van der Waals surface area (Å²) in [6.45, 7) is 14.1. The van der Waals surface area contributed by atoms with Gasteiger partial charge in [0, 0.05) is 24.4 Å². The Balaban J connectivity index is 2.38. The first-order valence-electron chi connectivity index (χ1n) is 11.8. The van der Waals surface area contributed by atoms with E-state index in [9.17, 15) is 9.50 Å². The summed E-state index contributed by atoms with van der Waals surface area (Å²) in [5.74, 6) is 0.661. The van der Waals surface area contributed by atoms with Crippen LogP contribution in [-0.2, 0) is 0 Å². The number of hydrogen-bond acceptors (Lipinski definition) is 5. The van der Waals surface area contributed by atoms with Gasteiger partial charge in [-0.1, -0.05) is 63.1 Å². The third kappa shape index (κ3) is 8.10. The first kappa shape index (κ1) is 27.8. The molecule has 6 heteroatoms. The lowest BCUT2D eigenvalue weighted by atomic mass is 9.94. The molecule has 0 amide bonds. The van der Waals surface area contributed by atoms with Crippen molar-refractivity contribution in [3.05, 3.63) is 72.2 Å². The number of halogens is 1. The van der Waals surface area contributed by atoms with Crippen molar-refractivity contribution in [1.29, 1.82) is 0 Å². The van der Waals surface area contributed by atoms with Crippen LogP contribution in [0.1, 0.15) is 63.6 Å². The molecule has 4 nitrogen and oxygen atoms in total. The summed E-state index contributed by atoms with van der Waals surface area (Å²) in [6.07, 6.45) is 10.5. The Bertz CT molecular complexity index is 988. The van der Waals surface area contributed by atoms with E-state index in [-0.39, 0.29) is 17.7 Å². The maximum atomic E-state index is 13.6. The minimum Gasteiger partial charge on any atom is -0.393 e. The molecule has 2 aromatic rings. The lowest BCUT2D eigenvalue weighted by molar-refractivity contribution is 0.152. The molecular weight excluding hydrogens is 445 g/mol. The van der Waals surface area contributed by atoms with Gasteiger partial charge in [0.05, 0.1) is 17.5 Å². The van der Waals surface area contributed by atoms with Crippen molar-refractivity contribution in [3.63, 3.8) is 0 Å². The van der Waals surface area contributed by atoms with Gasteiger partial charge in [0.15, 0.2) is 0 Å². The monoisotopic (exact) mass is 483 g/mol. The molecule has 0 saturated heterocycles. The number of anilines is 1. The van der Waals surface area contributed by atoms with Crippen LogP contribution in [0, 0.1) is 11.7 Å². The van der Waals surface area contributed by atoms with E-state index in [0.29, 0.717) is 18.8 Å². The molecule has 0 aliphatic rings. The first-order valence-corrected chi connectivity index (χ1v) is 12.9. The number of nitrogens with zero attached hydrogens (tertiary/aromatic N) is 3. The number of allylic oxidation sites excluding steroid dienone is 2. The molecule has 0 saturated carbocycles. The largest absolute Gasteiger partial charge is 0.393 e. The number of aliphatic hydroxyl groups is 1. The van der Waals surface area contributed by atoms with Crippen molar-refractivity contribution in [1.82, 2.24) is 9.97 Å². The van der Waals surface area contributed by atoms with Gasteiger partial charge in [-0.05, 0) is 61.8 Å². The fourth-order valence-corrected chi connectivity index (χ4v) is 3.97. The second kappa shape index (κ2) is 13.4. The van der Waals surface area contributed by atoms with E-state index in [0.717, 1.165) is 40.9 Å². The highest BCUT2D eigenvalue weighted by molar-refractivity contribution is 7.99. The second-order valence-corrected chi connectivity index (χ2v) is 9.93. The van der Waals surface area contributed by atoms with E-state index in [2.05, 4.69) is 46.1 Å².